The van der Waals surface area contributed by atoms with E-state index in [0.29, 0.717) is 35.7 Å². The van der Waals surface area contributed by atoms with Crippen molar-refractivity contribution < 1.29 is 14.9 Å². The highest BCUT2D eigenvalue weighted by molar-refractivity contribution is 6.32. The first-order valence-electron chi connectivity index (χ1n) is 11.6. The molecule has 1 fully saturated rings. The number of ether oxygens (including phenoxy) is 1. The fourth-order valence-electron chi connectivity index (χ4n) is 4.58. The van der Waals surface area contributed by atoms with Gasteiger partial charge in [0.15, 0.2) is 0 Å². The Balaban J connectivity index is 1.38. The fourth-order valence-corrected chi connectivity index (χ4v) is 4.86. The Kier molecular flexibility index (Phi) is 8.02. The molecule has 1 aliphatic heterocycles. The van der Waals surface area contributed by atoms with Crippen LogP contribution in [0.15, 0.2) is 48.9 Å². The zero-order valence-electron chi connectivity index (χ0n) is 19.4. The third kappa shape index (κ3) is 5.68. The van der Waals surface area contributed by atoms with Crippen LogP contribution in [0.5, 0.6) is 5.75 Å². The highest BCUT2D eigenvalue weighted by Gasteiger charge is 2.34. The number of pyridine rings is 2. The molecule has 3 aromatic rings. The molecule has 1 saturated heterocycles. The summed E-state index contributed by atoms with van der Waals surface area (Å²) in [6.07, 6.45) is 7.29. The Hall–Kier alpha value is -2.69. The van der Waals surface area contributed by atoms with Gasteiger partial charge in [-0.1, -0.05) is 23.4 Å². The molecular formula is C27H30ClN3O3. The van der Waals surface area contributed by atoms with Crippen LogP contribution in [-0.4, -0.2) is 58.4 Å². The fraction of sp³-hybridized carbons (Fsp3) is 0.407. The standard InChI is InChI=1S/C27H30ClN3O3/c1-34-21-6-7-24-22(16-21)26(23(28)18-30-24)25(33)8-9-27(19-32)10-14-31(15-11-27)13-3-5-20-4-2-12-29-17-20/h2,4,6-7,12,16-18,25,32-33H,8-11,13-15,19H2,1H3/t25-/m1/s1. The highest BCUT2D eigenvalue weighted by atomic mass is 35.5. The summed E-state index contributed by atoms with van der Waals surface area (Å²) in [4.78, 5) is 10.8. The van der Waals surface area contributed by atoms with Gasteiger partial charge in [-0.3, -0.25) is 14.9 Å². The maximum absolute atomic E-state index is 11.1. The van der Waals surface area contributed by atoms with Crippen molar-refractivity contribution >= 4 is 22.5 Å². The lowest BCUT2D eigenvalue weighted by molar-refractivity contribution is 0.0273. The van der Waals surface area contributed by atoms with Crippen LogP contribution in [0.1, 0.15) is 42.9 Å². The predicted molar refractivity (Wildman–Crippen MR) is 134 cm³/mol. The third-order valence-electron chi connectivity index (χ3n) is 6.80. The lowest BCUT2D eigenvalue weighted by atomic mass is 9.74. The number of fused-ring (bicyclic) bond motifs is 1. The van der Waals surface area contributed by atoms with Gasteiger partial charge in [-0.05, 0) is 74.5 Å². The molecule has 1 atom stereocenters. The predicted octanol–water partition coefficient (Wildman–Crippen LogP) is 4.23. The van der Waals surface area contributed by atoms with Crippen LogP contribution >= 0.6 is 11.6 Å². The second-order valence-electron chi connectivity index (χ2n) is 8.94. The zero-order chi connectivity index (χ0) is 24.0. The summed E-state index contributed by atoms with van der Waals surface area (Å²) in [5, 5.41) is 22.6. The molecule has 34 heavy (non-hydrogen) atoms. The molecule has 0 unspecified atom stereocenters. The number of piperidine rings is 1. The van der Waals surface area contributed by atoms with Crippen LogP contribution in [-0.2, 0) is 0 Å². The molecule has 6 nitrogen and oxygen atoms in total. The van der Waals surface area contributed by atoms with Gasteiger partial charge in [-0.25, -0.2) is 0 Å². The number of aliphatic hydroxyl groups excluding tert-OH is 2. The summed E-state index contributed by atoms with van der Waals surface area (Å²) in [5.41, 5.74) is 2.14. The number of nitrogens with zero attached hydrogens (tertiary/aromatic N) is 3. The first-order valence-corrected chi connectivity index (χ1v) is 11.9. The minimum Gasteiger partial charge on any atom is -0.497 e. The molecule has 0 spiro atoms. The smallest absolute Gasteiger partial charge is 0.119 e. The van der Waals surface area contributed by atoms with Crippen LogP contribution in [0.25, 0.3) is 10.9 Å². The number of hydrogen-bond donors (Lipinski definition) is 2. The summed E-state index contributed by atoms with van der Waals surface area (Å²) in [5.74, 6) is 7.06. The van der Waals surface area contributed by atoms with E-state index in [1.165, 1.54) is 0 Å². The second-order valence-corrected chi connectivity index (χ2v) is 9.34. The number of rotatable bonds is 7. The quantitative estimate of drug-likeness (QED) is 0.494. The molecule has 2 N–H and O–H groups in total. The van der Waals surface area contributed by atoms with Gasteiger partial charge in [-0.2, -0.15) is 0 Å². The Labute approximate surface area is 205 Å². The largest absolute Gasteiger partial charge is 0.497 e. The van der Waals surface area contributed by atoms with Gasteiger partial charge < -0.3 is 14.9 Å². The van der Waals surface area contributed by atoms with Crippen molar-refractivity contribution in [2.24, 2.45) is 5.41 Å². The molecular weight excluding hydrogens is 450 g/mol. The van der Waals surface area contributed by atoms with Gasteiger partial charge >= 0.3 is 0 Å². The van der Waals surface area contributed by atoms with Crippen molar-refractivity contribution in [2.45, 2.75) is 31.8 Å². The maximum Gasteiger partial charge on any atom is 0.119 e. The number of hydrogen-bond acceptors (Lipinski definition) is 6. The van der Waals surface area contributed by atoms with Crippen molar-refractivity contribution in [1.29, 1.82) is 0 Å². The molecule has 3 heterocycles. The first kappa shape index (κ1) is 24.4. The van der Waals surface area contributed by atoms with Gasteiger partial charge in [0.1, 0.15) is 5.75 Å². The monoisotopic (exact) mass is 479 g/mol. The number of likely N-dealkylation sites (tertiary alicyclic amines) is 1. The SMILES string of the molecule is COc1ccc2ncc(Cl)c([C@H](O)CCC3(CO)CCN(CC#Cc4cccnc4)CC3)c2c1. The van der Waals surface area contributed by atoms with Crippen molar-refractivity contribution in [3.63, 3.8) is 0 Å². The average Bonchev–Trinajstić information content (AvgIpc) is 2.88. The van der Waals surface area contributed by atoms with E-state index in [9.17, 15) is 10.2 Å². The number of halogens is 1. The van der Waals surface area contributed by atoms with E-state index in [1.54, 1.807) is 25.7 Å². The average molecular weight is 480 g/mol. The van der Waals surface area contributed by atoms with E-state index in [4.69, 9.17) is 16.3 Å². The molecule has 0 saturated carbocycles. The van der Waals surface area contributed by atoms with Crippen LogP contribution in [0.3, 0.4) is 0 Å². The lowest BCUT2D eigenvalue weighted by Crippen LogP contribution is -2.42. The number of benzene rings is 1. The molecule has 1 aliphatic rings. The van der Waals surface area contributed by atoms with Crippen LogP contribution in [0, 0.1) is 17.3 Å². The molecule has 178 valence electrons. The summed E-state index contributed by atoms with van der Waals surface area (Å²) < 4.78 is 5.35. The van der Waals surface area contributed by atoms with Crippen molar-refractivity contribution in [3.05, 3.63) is 65.1 Å². The van der Waals surface area contributed by atoms with Gasteiger partial charge in [0.25, 0.3) is 0 Å². The summed E-state index contributed by atoms with van der Waals surface area (Å²) in [6.45, 7) is 2.54. The molecule has 0 amide bonds. The van der Waals surface area contributed by atoms with Crippen LogP contribution < -0.4 is 4.74 Å². The maximum atomic E-state index is 11.1. The summed E-state index contributed by atoms with van der Waals surface area (Å²) >= 11 is 6.46. The van der Waals surface area contributed by atoms with E-state index in [2.05, 4.69) is 26.7 Å². The molecule has 2 aromatic heterocycles. The van der Waals surface area contributed by atoms with Gasteiger partial charge in [-0.15, -0.1) is 0 Å². The number of methoxy groups -OCH3 is 1. The summed E-state index contributed by atoms with van der Waals surface area (Å²) in [7, 11) is 1.61. The molecule has 0 aliphatic carbocycles. The molecule has 4 rings (SSSR count). The van der Waals surface area contributed by atoms with E-state index in [1.807, 2.05) is 30.3 Å². The van der Waals surface area contributed by atoms with Crippen molar-refractivity contribution in [2.75, 3.05) is 33.4 Å². The first-order chi connectivity index (χ1) is 16.5. The second kappa shape index (κ2) is 11.2. The Morgan fingerprint density at radius 1 is 1.24 bits per heavy atom. The highest BCUT2D eigenvalue weighted by Crippen LogP contribution is 2.40. The number of aromatic nitrogens is 2. The Morgan fingerprint density at radius 2 is 2.06 bits per heavy atom. The Bertz CT molecular complexity index is 1170. The van der Waals surface area contributed by atoms with Crippen molar-refractivity contribution in [1.82, 2.24) is 14.9 Å². The van der Waals surface area contributed by atoms with E-state index in [0.717, 1.165) is 42.4 Å². The van der Waals surface area contributed by atoms with E-state index < -0.39 is 6.10 Å². The molecule has 0 bridgehead atoms. The van der Waals surface area contributed by atoms with Gasteiger partial charge in [0, 0.05) is 41.7 Å². The van der Waals surface area contributed by atoms with Crippen molar-refractivity contribution in [3.8, 4) is 17.6 Å². The number of aliphatic hydroxyl groups is 2. The normalized spacial score (nSPS) is 16.6. The molecule has 1 aromatic carbocycles. The minimum absolute atomic E-state index is 0.105. The molecule has 7 heteroatoms. The van der Waals surface area contributed by atoms with Crippen LogP contribution in [0.2, 0.25) is 5.02 Å². The third-order valence-corrected chi connectivity index (χ3v) is 7.10. The van der Waals surface area contributed by atoms with Crippen LogP contribution in [0.4, 0.5) is 0 Å². The summed E-state index contributed by atoms with van der Waals surface area (Å²) in [6, 6.07) is 9.40. The van der Waals surface area contributed by atoms with E-state index in [-0.39, 0.29) is 12.0 Å². The zero-order valence-corrected chi connectivity index (χ0v) is 20.1. The minimum atomic E-state index is -0.753. The van der Waals surface area contributed by atoms with Gasteiger partial charge in [0.05, 0.1) is 30.3 Å². The molecule has 0 radical (unpaired) electrons. The lowest BCUT2D eigenvalue weighted by Gasteiger charge is -2.40. The Morgan fingerprint density at radius 3 is 2.76 bits per heavy atom. The van der Waals surface area contributed by atoms with E-state index >= 15 is 0 Å². The topological polar surface area (TPSA) is 78.7 Å². The van der Waals surface area contributed by atoms with Gasteiger partial charge in [0.2, 0.25) is 0 Å².